The molecule has 0 saturated heterocycles. The normalized spacial score (nSPS) is 23.5. The standard InChI is InChI=1S/C12H22Si/c1-12(2,3)10-8-7-9-11(10)13(4,5)6/h7-10H,1-6H3. The molecule has 0 aromatic rings. The van der Waals surface area contributed by atoms with Crippen LogP contribution in [0.15, 0.2) is 23.4 Å². The fourth-order valence-corrected chi connectivity index (χ4v) is 4.01. The molecule has 0 fully saturated rings. The van der Waals surface area contributed by atoms with Crippen LogP contribution in [-0.4, -0.2) is 8.07 Å². The molecule has 0 amide bonds. The van der Waals surface area contributed by atoms with Crippen LogP contribution >= 0.6 is 0 Å². The Kier molecular flexibility index (Phi) is 2.59. The quantitative estimate of drug-likeness (QED) is 0.553. The summed E-state index contributed by atoms with van der Waals surface area (Å²) < 4.78 is 0. The number of allylic oxidation sites excluding steroid dienone is 4. The van der Waals surface area contributed by atoms with Crippen molar-refractivity contribution < 1.29 is 0 Å². The zero-order chi connectivity index (χ0) is 10.3. The fraction of sp³-hybridized carbons (Fsp3) is 0.667. The Labute approximate surface area is 83.7 Å². The van der Waals surface area contributed by atoms with E-state index in [1.807, 2.05) is 0 Å². The molecule has 1 aliphatic rings. The third-order valence-corrected chi connectivity index (χ3v) is 4.92. The van der Waals surface area contributed by atoms with Gasteiger partial charge in [0.05, 0.1) is 8.07 Å². The van der Waals surface area contributed by atoms with Crippen LogP contribution in [0.5, 0.6) is 0 Å². The first-order valence-electron chi connectivity index (χ1n) is 5.12. The predicted molar refractivity (Wildman–Crippen MR) is 63.5 cm³/mol. The average molecular weight is 194 g/mol. The number of hydrogen-bond donors (Lipinski definition) is 0. The highest BCUT2D eigenvalue weighted by atomic mass is 28.3. The minimum atomic E-state index is -1.10. The van der Waals surface area contributed by atoms with Gasteiger partial charge in [-0.25, -0.2) is 0 Å². The minimum absolute atomic E-state index is 0.388. The van der Waals surface area contributed by atoms with Crippen LogP contribution in [0.4, 0.5) is 0 Å². The van der Waals surface area contributed by atoms with Crippen LogP contribution < -0.4 is 0 Å². The summed E-state index contributed by atoms with van der Waals surface area (Å²) in [6, 6.07) is 0. The second-order valence-corrected chi connectivity index (χ2v) is 11.2. The van der Waals surface area contributed by atoms with Crippen LogP contribution in [0.3, 0.4) is 0 Å². The van der Waals surface area contributed by atoms with E-state index in [9.17, 15) is 0 Å². The summed E-state index contributed by atoms with van der Waals surface area (Å²) in [4.78, 5) is 0. The molecule has 0 aliphatic heterocycles. The third kappa shape index (κ3) is 2.34. The van der Waals surface area contributed by atoms with Crippen molar-refractivity contribution in [3.05, 3.63) is 23.4 Å². The molecule has 0 nitrogen and oxygen atoms in total. The van der Waals surface area contributed by atoms with Crippen LogP contribution in [0.1, 0.15) is 20.8 Å². The van der Waals surface area contributed by atoms with Gasteiger partial charge in [0.1, 0.15) is 0 Å². The Bertz CT molecular complexity index is 245. The van der Waals surface area contributed by atoms with E-state index in [1.54, 1.807) is 5.20 Å². The first kappa shape index (κ1) is 10.8. The Morgan fingerprint density at radius 1 is 1.15 bits per heavy atom. The van der Waals surface area contributed by atoms with Gasteiger partial charge in [-0.15, -0.1) is 0 Å². The Balaban J connectivity index is 2.92. The van der Waals surface area contributed by atoms with Crippen molar-refractivity contribution in [2.45, 2.75) is 40.4 Å². The molecular formula is C12H22Si. The van der Waals surface area contributed by atoms with Crippen molar-refractivity contribution in [2.24, 2.45) is 11.3 Å². The SMILES string of the molecule is CC(C)(C)C1C=CC=C1[Si](C)(C)C. The van der Waals surface area contributed by atoms with Gasteiger partial charge >= 0.3 is 0 Å². The highest BCUT2D eigenvalue weighted by molar-refractivity contribution is 6.83. The summed E-state index contributed by atoms with van der Waals surface area (Å²) in [5.41, 5.74) is 0.388. The van der Waals surface area contributed by atoms with E-state index in [-0.39, 0.29) is 0 Å². The highest BCUT2D eigenvalue weighted by Crippen LogP contribution is 2.40. The fourth-order valence-electron chi connectivity index (χ4n) is 1.95. The van der Waals surface area contributed by atoms with Crippen molar-refractivity contribution >= 4 is 8.07 Å². The molecular weight excluding hydrogens is 172 g/mol. The van der Waals surface area contributed by atoms with Crippen molar-refractivity contribution in [3.63, 3.8) is 0 Å². The maximum Gasteiger partial charge on any atom is 0.0732 e. The highest BCUT2D eigenvalue weighted by Gasteiger charge is 2.34. The smallest absolute Gasteiger partial charge is 0.0732 e. The topological polar surface area (TPSA) is 0 Å². The Morgan fingerprint density at radius 3 is 2.00 bits per heavy atom. The lowest BCUT2D eigenvalue weighted by molar-refractivity contribution is 0.340. The van der Waals surface area contributed by atoms with Crippen LogP contribution in [0.25, 0.3) is 0 Å². The van der Waals surface area contributed by atoms with E-state index in [0.29, 0.717) is 11.3 Å². The summed E-state index contributed by atoms with van der Waals surface area (Å²) in [6.45, 7) is 14.3. The second-order valence-electron chi connectivity index (χ2n) is 6.10. The van der Waals surface area contributed by atoms with Gasteiger partial charge in [-0.1, -0.05) is 63.8 Å². The largest absolute Gasteiger partial charge is 0.0772 e. The Morgan fingerprint density at radius 2 is 1.69 bits per heavy atom. The molecule has 0 radical (unpaired) electrons. The molecule has 1 heteroatoms. The van der Waals surface area contributed by atoms with E-state index in [0.717, 1.165) is 0 Å². The van der Waals surface area contributed by atoms with Crippen molar-refractivity contribution in [1.29, 1.82) is 0 Å². The molecule has 1 atom stereocenters. The number of hydrogen-bond acceptors (Lipinski definition) is 0. The molecule has 0 spiro atoms. The van der Waals surface area contributed by atoms with Crippen LogP contribution in [0.2, 0.25) is 19.6 Å². The number of rotatable bonds is 1. The molecule has 0 N–H and O–H groups in total. The molecule has 1 unspecified atom stereocenters. The second kappa shape index (κ2) is 3.12. The van der Waals surface area contributed by atoms with Crippen LogP contribution in [-0.2, 0) is 0 Å². The molecule has 0 saturated carbocycles. The van der Waals surface area contributed by atoms with Crippen molar-refractivity contribution in [3.8, 4) is 0 Å². The van der Waals surface area contributed by atoms with Crippen LogP contribution in [0, 0.1) is 11.3 Å². The van der Waals surface area contributed by atoms with Gasteiger partial charge in [0, 0.05) is 0 Å². The zero-order valence-electron chi connectivity index (χ0n) is 9.81. The van der Waals surface area contributed by atoms with E-state index in [1.165, 1.54) is 0 Å². The van der Waals surface area contributed by atoms with Crippen molar-refractivity contribution in [1.82, 2.24) is 0 Å². The van der Waals surface area contributed by atoms with Gasteiger partial charge in [-0.3, -0.25) is 0 Å². The third-order valence-electron chi connectivity index (χ3n) is 2.71. The van der Waals surface area contributed by atoms with Gasteiger partial charge in [-0.05, 0) is 11.3 Å². The van der Waals surface area contributed by atoms with Gasteiger partial charge in [0.25, 0.3) is 0 Å². The summed E-state index contributed by atoms with van der Waals surface area (Å²) in [5.74, 6) is 0.680. The zero-order valence-corrected chi connectivity index (χ0v) is 10.8. The van der Waals surface area contributed by atoms with Gasteiger partial charge in [0.15, 0.2) is 0 Å². The summed E-state index contributed by atoms with van der Waals surface area (Å²) >= 11 is 0. The molecule has 0 aromatic carbocycles. The lowest BCUT2D eigenvalue weighted by Gasteiger charge is -2.34. The average Bonchev–Trinajstić information content (AvgIpc) is 2.27. The summed E-state index contributed by atoms with van der Waals surface area (Å²) in [5, 5.41) is 1.71. The maximum atomic E-state index is 2.44. The lowest BCUT2D eigenvalue weighted by atomic mass is 9.82. The molecule has 1 aliphatic carbocycles. The van der Waals surface area contributed by atoms with Crippen molar-refractivity contribution in [2.75, 3.05) is 0 Å². The van der Waals surface area contributed by atoms with Gasteiger partial charge < -0.3 is 0 Å². The molecule has 0 aromatic heterocycles. The van der Waals surface area contributed by atoms with E-state index >= 15 is 0 Å². The molecule has 13 heavy (non-hydrogen) atoms. The summed E-state index contributed by atoms with van der Waals surface area (Å²) in [7, 11) is -1.10. The van der Waals surface area contributed by atoms with E-state index in [2.05, 4.69) is 58.6 Å². The Hall–Kier alpha value is -0.303. The maximum absolute atomic E-state index is 2.44. The first-order valence-corrected chi connectivity index (χ1v) is 8.62. The predicted octanol–water partition coefficient (Wildman–Crippen LogP) is 4.02. The molecule has 0 bridgehead atoms. The van der Waals surface area contributed by atoms with Gasteiger partial charge in [-0.2, -0.15) is 0 Å². The van der Waals surface area contributed by atoms with Gasteiger partial charge in [0.2, 0.25) is 0 Å². The van der Waals surface area contributed by atoms with E-state index < -0.39 is 8.07 Å². The lowest BCUT2D eigenvalue weighted by Crippen LogP contribution is -2.33. The minimum Gasteiger partial charge on any atom is -0.0772 e. The first-order chi connectivity index (χ1) is 5.73. The van der Waals surface area contributed by atoms with E-state index in [4.69, 9.17) is 0 Å². The summed E-state index contributed by atoms with van der Waals surface area (Å²) in [6.07, 6.45) is 6.96. The molecule has 1 rings (SSSR count). The molecule has 74 valence electrons. The molecule has 0 heterocycles. The monoisotopic (exact) mass is 194 g/mol.